The number of hydrogen-bond acceptors (Lipinski definition) is 2. The number of nitrogens with zero attached hydrogens (tertiary/aromatic N) is 1. The number of benzene rings is 1. The molecule has 0 aliphatic heterocycles. The highest BCUT2D eigenvalue weighted by atomic mass is 35.5. The third-order valence-electron chi connectivity index (χ3n) is 3.77. The maximum Gasteiger partial charge on any atom is 0.0409 e. The number of halogens is 1. The Morgan fingerprint density at radius 1 is 1.19 bits per heavy atom. The molecule has 0 saturated heterocycles. The molecule has 1 aromatic carbocycles. The molecule has 0 bridgehead atoms. The summed E-state index contributed by atoms with van der Waals surface area (Å²) in [6, 6.07) is 8.51. The van der Waals surface area contributed by atoms with Gasteiger partial charge in [-0.15, -0.1) is 0 Å². The van der Waals surface area contributed by atoms with E-state index in [2.05, 4.69) is 70.9 Å². The Morgan fingerprint density at radius 3 is 2.33 bits per heavy atom. The number of hydrogen-bond donors (Lipinski definition) is 1. The van der Waals surface area contributed by atoms with Crippen LogP contribution in [-0.2, 0) is 0 Å². The van der Waals surface area contributed by atoms with Crippen LogP contribution in [0.3, 0.4) is 0 Å². The van der Waals surface area contributed by atoms with Gasteiger partial charge in [-0.05, 0) is 57.9 Å². The van der Waals surface area contributed by atoms with Crippen molar-refractivity contribution < 1.29 is 0 Å². The van der Waals surface area contributed by atoms with Gasteiger partial charge in [-0.1, -0.05) is 37.6 Å². The highest BCUT2D eigenvalue weighted by Crippen LogP contribution is 2.25. The molecular formula is C18H31ClN2. The van der Waals surface area contributed by atoms with E-state index in [0.29, 0.717) is 6.04 Å². The van der Waals surface area contributed by atoms with E-state index >= 15 is 0 Å². The first-order valence-corrected chi connectivity index (χ1v) is 8.09. The summed E-state index contributed by atoms with van der Waals surface area (Å²) in [5, 5.41) is 4.41. The Bertz CT molecular complexity index is 449. The van der Waals surface area contributed by atoms with Crippen LogP contribution in [0.2, 0.25) is 5.02 Å². The van der Waals surface area contributed by atoms with E-state index in [1.54, 1.807) is 0 Å². The first-order valence-electron chi connectivity index (χ1n) is 7.71. The van der Waals surface area contributed by atoms with Gasteiger partial charge in [0.05, 0.1) is 0 Å². The monoisotopic (exact) mass is 310 g/mol. The summed E-state index contributed by atoms with van der Waals surface area (Å²) < 4.78 is 0. The molecular weight excluding hydrogens is 280 g/mol. The highest BCUT2D eigenvalue weighted by molar-refractivity contribution is 6.30. The first-order chi connectivity index (χ1) is 9.50. The predicted molar refractivity (Wildman–Crippen MR) is 94.0 cm³/mol. The second-order valence-corrected chi connectivity index (χ2v) is 8.35. The average molecular weight is 311 g/mol. The largest absolute Gasteiger partial charge is 0.311 e. The zero-order valence-electron chi connectivity index (χ0n) is 14.6. The van der Waals surface area contributed by atoms with Crippen LogP contribution >= 0.6 is 11.6 Å². The van der Waals surface area contributed by atoms with Crippen LogP contribution in [0.4, 0.5) is 0 Å². The molecule has 0 aliphatic carbocycles. The van der Waals surface area contributed by atoms with Crippen molar-refractivity contribution in [1.82, 2.24) is 10.2 Å². The van der Waals surface area contributed by atoms with E-state index < -0.39 is 0 Å². The quantitative estimate of drug-likeness (QED) is 0.816. The molecule has 1 unspecified atom stereocenters. The normalized spacial score (nSPS) is 14.5. The van der Waals surface area contributed by atoms with Gasteiger partial charge in [0.1, 0.15) is 0 Å². The standard InChI is InChI=1S/C18H31ClN2/c1-14(15-9-8-10-16(19)11-15)21(7)13-18(5,6)12-20-17(2,3)4/h8-11,14,20H,12-13H2,1-7H3. The summed E-state index contributed by atoms with van der Waals surface area (Å²) in [7, 11) is 2.18. The summed E-state index contributed by atoms with van der Waals surface area (Å²) in [5.41, 5.74) is 1.65. The van der Waals surface area contributed by atoms with Crippen LogP contribution in [0.15, 0.2) is 24.3 Å². The Morgan fingerprint density at radius 2 is 1.81 bits per heavy atom. The average Bonchev–Trinajstić information content (AvgIpc) is 2.34. The first kappa shape index (κ1) is 18.5. The van der Waals surface area contributed by atoms with Crippen LogP contribution in [0, 0.1) is 5.41 Å². The van der Waals surface area contributed by atoms with Gasteiger partial charge in [-0.3, -0.25) is 4.90 Å². The summed E-state index contributed by atoms with van der Waals surface area (Å²) >= 11 is 6.10. The van der Waals surface area contributed by atoms with Crippen molar-refractivity contribution in [3.63, 3.8) is 0 Å². The lowest BCUT2D eigenvalue weighted by atomic mass is 9.90. The summed E-state index contributed by atoms with van der Waals surface area (Å²) in [5.74, 6) is 0. The van der Waals surface area contributed by atoms with Crippen LogP contribution < -0.4 is 5.32 Å². The fourth-order valence-electron chi connectivity index (χ4n) is 2.39. The molecule has 0 amide bonds. The van der Waals surface area contributed by atoms with Crippen LogP contribution in [0.5, 0.6) is 0 Å². The molecule has 0 radical (unpaired) electrons. The van der Waals surface area contributed by atoms with Gasteiger partial charge in [0.15, 0.2) is 0 Å². The molecule has 2 nitrogen and oxygen atoms in total. The highest BCUT2D eigenvalue weighted by Gasteiger charge is 2.25. The van der Waals surface area contributed by atoms with Crippen LogP contribution in [0.25, 0.3) is 0 Å². The van der Waals surface area contributed by atoms with Crippen LogP contribution in [0.1, 0.15) is 53.1 Å². The molecule has 1 N–H and O–H groups in total. The van der Waals surface area contributed by atoms with E-state index in [4.69, 9.17) is 11.6 Å². The van der Waals surface area contributed by atoms with Crippen LogP contribution in [-0.4, -0.2) is 30.6 Å². The van der Waals surface area contributed by atoms with Crippen molar-refractivity contribution in [2.24, 2.45) is 5.41 Å². The summed E-state index contributed by atoms with van der Waals surface area (Å²) in [4.78, 5) is 2.40. The third kappa shape index (κ3) is 6.82. The molecule has 0 aliphatic rings. The van der Waals surface area contributed by atoms with Gasteiger partial charge in [-0.25, -0.2) is 0 Å². The van der Waals surface area contributed by atoms with Gasteiger partial charge in [-0.2, -0.15) is 0 Å². The summed E-state index contributed by atoms with van der Waals surface area (Å²) in [6.07, 6.45) is 0. The number of rotatable bonds is 6. The zero-order chi connectivity index (χ0) is 16.3. The van der Waals surface area contributed by atoms with Crippen molar-refractivity contribution in [2.45, 2.75) is 53.1 Å². The molecule has 0 aromatic heterocycles. The molecule has 0 spiro atoms. The van der Waals surface area contributed by atoms with Crippen molar-refractivity contribution in [1.29, 1.82) is 0 Å². The third-order valence-corrected chi connectivity index (χ3v) is 4.00. The molecule has 1 aromatic rings. The van der Waals surface area contributed by atoms with Crippen molar-refractivity contribution in [2.75, 3.05) is 20.1 Å². The van der Waals surface area contributed by atoms with Crippen molar-refractivity contribution in [3.8, 4) is 0 Å². The molecule has 0 fully saturated rings. The van der Waals surface area contributed by atoms with E-state index in [0.717, 1.165) is 18.1 Å². The van der Waals surface area contributed by atoms with Gasteiger partial charge >= 0.3 is 0 Å². The second-order valence-electron chi connectivity index (χ2n) is 7.91. The van der Waals surface area contributed by atoms with Gasteiger partial charge in [0.2, 0.25) is 0 Å². The molecule has 120 valence electrons. The molecule has 0 heterocycles. The molecule has 1 rings (SSSR count). The smallest absolute Gasteiger partial charge is 0.0409 e. The minimum absolute atomic E-state index is 0.161. The van der Waals surface area contributed by atoms with E-state index in [-0.39, 0.29) is 11.0 Å². The lowest BCUT2D eigenvalue weighted by Crippen LogP contribution is -2.46. The predicted octanol–water partition coefficient (Wildman–Crippen LogP) is 4.75. The Balaban J connectivity index is 2.64. The fraction of sp³-hybridized carbons (Fsp3) is 0.667. The van der Waals surface area contributed by atoms with E-state index in [1.807, 2.05) is 12.1 Å². The Hall–Kier alpha value is -0.570. The second kappa shape index (κ2) is 7.13. The lowest BCUT2D eigenvalue weighted by Gasteiger charge is -2.36. The van der Waals surface area contributed by atoms with Crippen molar-refractivity contribution in [3.05, 3.63) is 34.9 Å². The Kier molecular flexibility index (Phi) is 6.27. The van der Waals surface area contributed by atoms with E-state index in [1.165, 1.54) is 5.56 Å². The van der Waals surface area contributed by atoms with Gasteiger partial charge < -0.3 is 5.32 Å². The number of nitrogens with one attached hydrogen (secondary N) is 1. The van der Waals surface area contributed by atoms with Gasteiger partial charge in [0, 0.05) is 29.7 Å². The molecule has 3 heteroatoms. The zero-order valence-corrected chi connectivity index (χ0v) is 15.4. The maximum absolute atomic E-state index is 6.10. The van der Waals surface area contributed by atoms with E-state index in [9.17, 15) is 0 Å². The topological polar surface area (TPSA) is 15.3 Å². The minimum atomic E-state index is 0.161. The fourth-order valence-corrected chi connectivity index (χ4v) is 2.59. The lowest BCUT2D eigenvalue weighted by molar-refractivity contribution is 0.158. The van der Waals surface area contributed by atoms with Gasteiger partial charge in [0.25, 0.3) is 0 Å². The van der Waals surface area contributed by atoms with Crippen molar-refractivity contribution >= 4 is 11.6 Å². The Labute approximate surface area is 135 Å². The molecule has 1 atom stereocenters. The molecule has 21 heavy (non-hydrogen) atoms. The molecule has 0 saturated carbocycles. The summed E-state index contributed by atoms with van der Waals surface area (Å²) in [6.45, 7) is 15.5. The minimum Gasteiger partial charge on any atom is -0.311 e. The SMILES string of the molecule is CC(c1cccc(Cl)c1)N(C)CC(C)(C)CNC(C)(C)C. The maximum atomic E-state index is 6.10.